The van der Waals surface area contributed by atoms with E-state index < -0.39 is 0 Å². The maximum atomic E-state index is 2.43. The Kier molecular flexibility index (Phi) is 4.55. The van der Waals surface area contributed by atoms with Gasteiger partial charge < -0.3 is 4.90 Å². The Bertz CT molecular complexity index is 2160. The molecule has 0 unspecified atom stereocenters. The van der Waals surface area contributed by atoms with Crippen LogP contribution >= 0.6 is 11.3 Å². The van der Waals surface area contributed by atoms with Gasteiger partial charge in [0.2, 0.25) is 0 Å². The molecule has 1 heterocycles. The summed E-state index contributed by atoms with van der Waals surface area (Å²) in [6.07, 6.45) is 0. The smallest absolute Gasteiger partial charge is 0.0468 e. The molecule has 0 spiro atoms. The van der Waals surface area contributed by atoms with Gasteiger partial charge in [0.15, 0.2) is 0 Å². The number of rotatable bonds is 4. The number of nitrogens with zero attached hydrogens (tertiary/aromatic N) is 1. The van der Waals surface area contributed by atoms with E-state index >= 15 is 0 Å². The van der Waals surface area contributed by atoms with Crippen molar-refractivity contribution in [2.24, 2.45) is 0 Å². The van der Waals surface area contributed by atoms with Crippen molar-refractivity contribution in [1.82, 2.24) is 0 Å². The fraction of sp³-hybridized carbons (Fsp3) is 0. The molecule has 0 amide bonds. The van der Waals surface area contributed by atoms with Crippen LogP contribution in [0.25, 0.3) is 65.0 Å². The van der Waals surface area contributed by atoms with Crippen LogP contribution in [0, 0.1) is 0 Å². The van der Waals surface area contributed by atoms with E-state index in [-0.39, 0.29) is 0 Å². The van der Waals surface area contributed by atoms with Crippen molar-refractivity contribution in [1.29, 1.82) is 0 Å². The molecule has 0 radical (unpaired) electrons. The monoisotopic (exact) mass is 525 g/mol. The Morgan fingerprint density at radius 3 is 1.85 bits per heavy atom. The standard InChI is InChI=1S/C38H23NS/c1-3-8-26(9-4-1)39(27-10-5-2-6-11-27)28-16-20-29-31-18-13-24-14-19-32-30(35-12-7-21-40-35)17-15-25-22-34(33(29)23-28)38(31)37(24)36(25)32/h1-23H. The highest BCUT2D eigenvalue weighted by Gasteiger charge is 2.26. The molecule has 8 aromatic rings. The van der Waals surface area contributed by atoms with Crippen molar-refractivity contribution in [3.63, 3.8) is 0 Å². The van der Waals surface area contributed by atoms with Gasteiger partial charge in [-0.3, -0.25) is 0 Å². The minimum atomic E-state index is 1.15. The van der Waals surface area contributed by atoms with E-state index in [9.17, 15) is 0 Å². The molecule has 0 saturated carbocycles. The lowest BCUT2D eigenvalue weighted by Gasteiger charge is -2.26. The molecule has 40 heavy (non-hydrogen) atoms. The van der Waals surface area contributed by atoms with Crippen molar-refractivity contribution in [2.75, 3.05) is 4.90 Å². The number of hydrogen-bond acceptors (Lipinski definition) is 2. The van der Waals surface area contributed by atoms with Crippen LogP contribution in [0.1, 0.15) is 0 Å². The first kappa shape index (κ1) is 22.0. The summed E-state index contributed by atoms with van der Waals surface area (Å²) < 4.78 is 0. The number of thiophene rings is 1. The number of hydrogen-bond donors (Lipinski definition) is 0. The van der Waals surface area contributed by atoms with Gasteiger partial charge in [0.25, 0.3) is 0 Å². The zero-order valence-corrected chi connectivity index (χ0v) is 22.5. The zero-order valence-electron chi connectivity index (χ0n) is 21.6. The summed E-state index contributed by atoms with van der Waals surface area (Å²) in [7, 11) is 0. The summed E-state index contributed by atoms with van der Waals surface area (Å²) >= 11 is 1.81. The molecule has 1 aromatic heterocycles. The van der Waals surface area contributed by atoms with E-state index in [4.69, 9.17) is 0 Å². The van der Waals surface area contributed by atoms with E-state index in [0.29, 0.717) is 0 Å². The lowest BCUT2D eigenvalue weighted by molar-refractivity contribution is 1.28. The molecule has 2 heteroatoms. The maximum absolute atomic E-state index is 2.43. The van der Waals surface area contributed by atoms with Gasteiger partial charge in [0.05, 0.1) is 0 Å². The van der Waals surface area contributed by atoms with Crippen LogP contribution in [0.2, 0.25) is 0 Å². The molecule has 9 rings (SSSR count). The molecule has 0 saturated heterocycles. The molecule has 0 fully saturated rings. The highest BCUT2D eigenvalue weighted by atomic mass is 32.1. The van der Waals surface area contributed by atoms with E-state index in [1.54, 1.807) is 0 Å². The first-order valence-corrected chi connectivity index (χ1v) is 14.6. The van der Waals surface area contributed by atoms with Gasteiger partial charge in [0, 0.05) is 21.9 Å². The molecule has 1 aliphatic carbocycles. The van der Waals surface area contributed by atoms with Gasteiger partial charge in [-0.05, 0) is 114 Å². The first-order chi connectivity index (χ1) is 19.8. The second-order valence-corrected chi connectivity index (χ2v) is 11.5. The van der Waals surface area contributed by atoms with Crippen LogP contribution in [0.3, 0.4) is 0 Å². The minimum absolute atomic E-state index is 1.15. The van der Waals surface area contributed by atoms with Gasteiger partial charge in [-0.1, -0.05) is 84.9 Å². The van der Waals surface area contributed by atoms with Crippen molar-refractivity contribution in [3.8, 4) is 32.7 Å². The van der Waals surface area contributed by atoms with Gasteiger partial charge >= 0.3 is 0 Å². The average molecular weight is 526 g/mol. The van der Waals surface area contributed by atoms with Crippen LogP contribution in [-0.4, -0.2) is 0 Å². The minimum Gasteiger partial charge on any atom is -0.310 e. The van der Waals surface area contributed by atoms with E-state index in [2.05, 4.69) is 144 Å². The molecule has 186 valence electrons. The lowest BCUT2D eigenvalue weighted by atomic mass is 9.89. The molecular weight excluding hydrogens is 502 g/mol. The second-order valence-electron chi connectivity index (χ2n) is 10.5. The van der Waals surface area contributed by atoms with E-state index in [0.717, 1.165) is 17.1 Å². The molecule has 0 N–H and O–H groups in total. The van der Waals surface area contributed by atoms with Crippen molar-refractivity contribution < 1.29 is 0 Å². The Hall–Kier alpha value is -4.92. The SMILES string of the molecule is c1ccc(N(c2ccccc2)c2ccc3c(c2)-c2cc4ccc(-c5cccs5)c5ccc6ccc-3c2c6c45)cc1. The summed E-state index contributed by atoms with van der Waals surface area (Å²) in [6, 6.07) is 49.0. The third-order valence-electron chi connectivity index (χ3n) is 8.42. The van der Waals surface area contributed by atoms with Crippen LogP contribution in [0.15, 0.2) is 139 Å². The van der Waals surface area contributed by atoms with Crippen molar-refractivity contribution >= 4 is 60.7 Å². The Balaban J connectivity index is 1.31. The fourth-order valence-corrected chi connectivity index (χ4v) is 7.50. The number of benzene rings is 7. The van der Waals surface area contributed by atoms with Crippen LogP contribution in [-0.2, 0) is 0 Å². The third-order valence-corrected chi connectivity index (χ3v) is 9.32. The van der Waals surface area contributed by atoms with Crippen molar-refractivity contribution in [2.45, 2.75) is 0 Å². The van der Waals surface area contributed by atoms with E-state index in [1.165, 1.54) is 65.0 Å². The average Bonchev–Trinajstić information content (AvgIpc) is 3.66. The third kappa shape index (κ3) is 3.03. The zero-order chi connectivity index (χ0) is 26.2. The number of fused-ring (bicyclic) bond motifs is 3. The van der Waals surface area contributed by atoms with E-state index in [1.807, 2.05) is 11.3 Å². The molecular formula is C38H23NS. The molecule has 1 nitrogen and oxygen atoms in total. The predicted octanol–water partition coefficient (Wildman–Crippen LogP) is 11.4. The molecule has 1 aliphatic rings. The summed E-state index contributed by atoms with van der Waals surface area (Å²) in [5.74, 6) is 0. The fourth-order valence-electron chi connectivity index (χ4n) is 6.73. The molecule has 7 aromatic carbocycles. The van der Waals surface area contributed by atoms with Gasteiger partial charge in [-0.2, -0.15) is 0 Å². The van der Waals surface area contributed by atoms with Gasteiger partial charge in [0.1, 0.15) is 0 Å². The summed E-state index contributed by atoms with van der Waals surface area (Å²) in [5, 5.41) is 10.3. The topological polar surface area (TPSA) is 3.24 Å². The van der Waals surface area contributed by atoms with Gasteiger partial charge in [-0.15, -0.1) is 11.3 Å². The van der Waals surface area contributed by atoms with Crippen LogP contribution < -0.4 is 4.90 Å². The highest BCUT2D eigenvalue weighted by molar-refractivity contribution is 7.13. The largest absolute Gasteiger partial charge is 0.310 e. The summed E-state index contributed by atoms with van der Waals surface area (Å²) in [5.41, 5.74) is 10.1. The highest BCUT2D eigenvalue weighted by Crippen LogP contribution is 2.53. The quantitative estimate of drug-likeness (QED) is 0.207. The molecule has 0 atom stereocenters. The predicted molar refractivity (Wildman–Crippen MR) is 173 cm³/mol. The first-order valence-electron chi connectivity index (χ1n) is 13.7. The normalized spacial score (nSPS) is 12.0. The molecule has 0 aliphatic heterocycles. The summed E-state index contributed by atoms with van der Waals surface area (Å²) in [6.45, 7) is 0. The Morgan fingerprint density at radius 1 is 0.400 bits per heavy atom. The lowest BCUT2D eigenvalue weighted by Crippen LogP contribution is -2.09. The Morgan fingerprint density at radius 2 is 1.10 bits per heavy atom. The number of para-hydroxylation sites is 2. The maximum Gasteiger partial charge on any atom is 0.0468 e. The van der Waals surface area contributed by atoms with Crippen molar-refractivity contribution in [3.05, 3.63) is 139 Å². The van der Waals surface area contributed by atoms with Gasteiger partial charge in [-0.25, -0.2) is 0 Å². The van der Waals surface area contributed by atoms with Crippen LogP contribution in [0.5, 0.6) is 0 Å². The Labute approximate surface area is 236 Å². The second kappa shape index (κ2) is 8.29. The molecule has 0 bridgehead atoms. The summed E-state index contributed by atoms with van der Waals surface area (Å²) in [4.78, 5) is 3.67. The number of anilines is 3. The van der Waals surface area contributed by atoms with Crippen LogP contribution in [0.4, 0.5) is 17.1 Å².